The summed E-state index contributed by atoms with van der Waals surface area (Å²) in [6, 6.07) is 10.1. The number of urea groups is 1. The molecule has 0 spiro atoms. The minimum Gasteiger partial charge on any atom is -0.334 e. The number of carbonyl (C=O) groups excluding carboxylic acids is 4. The molecule has 0 aromatic heterocycles. The Hall–Kier alpha value is -3.39. The third-order valence-corrected chi connectivity index (χ3v) is 7.72. The molecule has 5 amide bonds. The molecule has 0 bridgehead atoms. The van der Waals surface area contributed by atoms with Crippen LogP contribution in [0.25, 0.3) is 0 Å². The topological polar surface area (TPSA) is 108 Å². The van der Waals surface area contributed by atoms with E-state index in [4.69, 9.17) is 11.6 Å². The highest BCUT2D eigenvalue weighted by Crippen LogP contribution is 2.28. The number of nitrogens with one attached hydrogen (secondary N) is 3. The maximum absolute atomic E-state index is 12.9. The number of hydrogen-bond donors (Lipinski definition) is 3. The van der Waals surface area contributed by atoms with Crippen molar-refractivity contribution in [3.63, 3.8) is 0 Å². The van der Waals surface area contributed by atoms with Crippen LogP contribution in [0.3, 0.4) is 0 Å². The van der Waals surface area contributed by atoms with Gasteiger partial charge in [-0.25, -0.2) is 4.79 Å². The van der Waals surface area contributed by atoms with E-state index in [0.29, 0.717) is 29.2 Å². The highest BCUT2D eigenvalue weighted by molar-refractivity contribution is 6.31. The van der Waals surface area contributed by atoms with Crippen LogP contribution in [0.5, 0.6) is 0 Å². The number of carbonyl (C=O) groups is 4. The van der Waals surface area contributed by atoms with Crippen LogP contribution in [-0.2, 0) is 29.1 Å². The Morgan fingerprint density at radius 2 is 1.80 bits per heavy atom. The number of aryl methyl sites for hydroxylation is 1. The van der Waals surface area contributed by atoms with Gasteiger partial charge in [0.15, 0.2) is 0 Å². The molecule has 214 valence electrons. The molecule has 0 radical (unpaired) electrons. The third-order valence-electron chi connectivity index (χ3n) is 7.50. The van der Waals surface area contributed by atoms with Crippen molar-refractivity contribution in [2.75, 3.05) is 5.32 Å². The smallest absolute Gasteiger partial charge is 0.319 e. The van der Waals surface area contributed by atoms with E-state index in [2.05, 4.69) is 29.8 Å². The quantitative estimate of drug-likeness (QED) is 0.217. The molecule has 2 heterocycles. The normalized spacial score (nSPS) is 16.8. The van der Waals surface area contributed by atoms with Crippen LogP contribution in [0.2, 0.25) is 5.02 Å². The molecule has 40 heavy (non-hydrogen) atoms. The Labute approximate surface area is 241 Å². The summed E-state index contributed by atoms with van der Waals surface area (Å²) in [7, 11) is 0. The fraction of sp³-hybridized carbons (Fsp3) is 0.484. The highest BCUT2D eigenvalue weighted by Gasteiger charge is 2.39. The summed E-state index contributed by atoms with van der Waals surface area (Å²) in [5, 5.41) is 8.64. The highest BCUT2D eigenvalue weighted by atomic mass is 35.5. The number of imide groups is 1. The van der Waals surface area contributed by atoms with Crippen molar-refractivity contribution in [1.29, 1.82) is 0 Å². The Bertz CT molecular complexity index is 1260. The average molecular weight is 567 g/mol. The van der Waals surface area contributed by atoms with Gasteiger partial charge in [0, 0.05) is 35.8 Å². The maximum atomic E-state index is 12.9. The molecule has 1 fully saturated rings. The summed E-state index contributed by atoms with van der Waals surface area (Å²) in [5.74, 6) is -0.192. The van der Waals surface area contributed by atoms with E-state index in [1.807, 2.05) is 18.2 Å². The largest absolute Gasteiger partial charge is 0.334 e. The van der Waals surface area contributed by atoms with Gasteiger partial charge in [-0.15, -0.1) is 0 Å². The van der Waals surface area contributed by atoms with Crippen molar-refractivity contribution in [2.24, 2.45) is 5.92 Å². The molecule has 2 aromatic carbocycles. The third kappa shape index (κ3) is 8.07. The summed E-state index contributed by atoms with van der Waals surface area (Å²) in [6.45, 7) is 5.10. The van der Waals surface area contributed by atoms with Crippen molar-refractivity contribution in [1.82, 2.24) is 15.5 Å². The number of benzene rings is 2. The first-order valence-electron chi connectivity index (χ1n) is 14.3. The van der Waals surface area contributed by atoms with E-state index >= 15 is 0 Å². The fourth-order valence-electron chi connectivity index (χ4n) is 5.37. The first kappa shape index (κ1) is 29.6. The van der Waals surface area contributed by atoms with Crippen LogP contribution in [-0.4, -0.2) is 34.7 Å². The molecule has 8 nitrogen and oxygen atoms in total. The van der Waals surface area contributed by atoms with E-state index < -0.39 is 11.9 Å². The molecule has 9 heteroatoms. The predicted octanol–water partition coefficient (Wildman–Crippen LogP) is 5.96. The Kier molecular flexibility index (Phi) is 10.2. The van der Waals surface area contributed by atoms with Crippen molar-refractivity contribution < 1.29 is 19.2 Å². The summed E-state index contributed by atoms with van der Waals surface area (Å²) < 4.78 is 0. The van der Waals surface area contributed by atoms with Gasteiger partial charge in [0.05, 0.1) is 0 Å². The van der Waals surface area contributed by atoms with Gasteiger partial charge < -0.3 is 15.5 Å². The van der Waals surface area contributed by atoms with Gasteiger partial charge in [-0.2, -0.15) is 0 Å². The second-order valence-corrected chi connectivity index (χ2v) is 11.7. The van der Waals surface area contributed by atoms with Gasteiger partial charge in [0.25, 0.3) is 5.91 Å². The van der Waals surface area contributed by atoms with Crippen LogP contribution in [0.4, 0.5) is 10.5 Å². The number of anilines is 1. The molecule has 2 aromatic rings. The average Bonchev–Trinajstić information content (AvgIpc) is 3.21. The number of piperidine rings is 1. The molecule has 1 saturated heterocycles. The lowest BCUT2D eigenvalue weighted by Gasteiger charge is -2.29. The number of halogens is 1. The number of hydrogen-bond acceptors (Lipinski definition) is 4. The van der Waals surface area contributed by atoms with Gasteiger partial charge >= 0.3 is 6.03 Å². The lowest BCUT2D eigenvalue weighted by Crippen LogP contribution is -2.52. The first-order valence-corrected chi connectivity index (χ1v) is 14.7. The molecular formula is C31H39ClN4O4. The zero-order valence-electron chi connectivity index (χ0n) is 23.4. The maximum Gasteiger partial charge on any atom is 0.319 e. The van der Waals surface area contributed by atoms with E-state index in [9.17, 15) is 19.2 Å². The summed E-state index contributed by atoms with van der Waals surface area (Å²) >= 11 is 6.32. The van der Waals surface area contributed by atoms with E-state index in [-0.39, 0.29) is 30.8 Å². The van der Waals surface area contributed by atoms with E-state index in [1.54, 1.807) is 18.2 Å². The second-order valence-electron chi connectivity index (χ2n) is 11.2. The van der Waals surface area contributed by atoms with Crippen molar-refractivity contribution in [3.8, 4) is 0 Å². The van der Waals surface area contributed by atoms with Gasteiger partial charge in [-0.3, -0.25) is 19.7 Å². The fourth-order valence-corrected chi connectivity index (χ4v) is 5.63. The van der Waals surface area contributed by atoms with Gasteiger partial charge in [-0.1, -0.05) is 69.7 Å². The standard InChI is InChI=1S/C31H39ClN4O4/c1-20(2)8-6-4-3-5-7-9-21-15-24(32)17-25(16-21)34-31(40)33-18-22-10-11-26-23(14-22)19-36(30(26)39)27-12-13-28(37)35-29(27)38/h10-11,14-17,20,27H,3-9,12-13,18-19H2,1-2H3,(H2,33,34,40)(H,35,37,38). The lowest BCUT2D eigenvalue weighted by molar-refractivity contribution is -0.136. The minimum atomic E-state index is -0.651. The molecule has 2 aliphatic heterocycles. The van der Waals surface area contributed by atoms with E-state index in [0.717, 1.165) is 35.4 Å². The van der Waals surface area contributed by atoms with Crippen molar-refractivity contribution in [2.45, 2.75) is 90.8 Å². The number of unbranched alkanes of at least 4 members (excludes halogenated alkanes) is 4. The Balaban J connectivity index is 1.25. The molecule has 3 N–H and O–H groups in total. The Morgan fingerprint density at radius 1 is 1.02 bits per heavy atom. The summed E-state index contributed by atoms with van der Waals surface area (Å²) in [4.78, 5) is 50.7. The van der Waals surface area contributed by atoms with E-state index in [1.165, 1.54) is 37.0 Å². The molecule has 1 atom stereocenters. The molecule has 0 aliphatic carbocycles. The predicted molar refractivity (Wildman–Crippen MR) is 156 cm³/mol. The zero-order valence-corrected chi connectivity index (χ0v) is 24.1. The summed E-state index contributed by atoms with van der Waals surface area (Å²) in [6.07, 6.45) is 8.84. The molecule has 0 saturated carbocycles. The SMILES string of the molecule is CC(C)CCCCCCCc1cc(Cl)cc(NC(=O)NCc2ccc3c(c2)CN(C2CCC(=O)NC2=O)C3=O)c1. The van der Waals surface area contributed by atoms with Crippen molar-refractivity contribution >= 4 is 41.0 Å². The van der Waals surface area contributed by atoms with Crippen LogP contribution < -0.4 is 16.0 Å². The van der Waals surface area contributed by atoms with Crippen LogP contribution >= 0.6 is 11.6 Å². The number of nitrogens with zero attached hydrogens (tertiary/aromatic N) is 1. The molecular weight excluding hydrogens is 528 g/mol. The molecule has 4 rings (SSSR count). The van der Waals surface area contributed by atoms with Crippen molar-refractivity contribution in [3.05, 3.63) is 63.7 Å². The van der Waals surface area contributed by atoms with Crippen LogP contribution in [0.15, 0.2) is 36.4 Å². The van der Waals surface area contributed by atoms with Gasteiger partial charge in [-0.05, 0) is 66.1 Å². The zero-order chi connectivity index (χ0) is 28.6. The molecule has 1 unspecified atom stereocenters. The Morgan fingerprint density at radius 3 is 2.58 bits per heavy atom. The molecule has 2 aliphatic rings. The first-order chi connectivity index (χ1) is 19.2. The summed E-state index contributed by atoms with van der Waals surface area (Å²) in [5.41, 5.74) is 3.94. The number of amides is 5. The second kappa shape index (κ2) is 13.8. The van der Waals surface area contributed by atoms with Gasteiger partial charge in [0.1, 0.15) is 6.04 Å². The van der Waals surface area contributed by atoms with Gasteiger partial charge in [0.2, 0.25) is 11.8 Å². The van der Waals surface area contributed by atoms with Crippen LogP contribution in [0.1, 0.15) is 92.3 Å². The monoisotopic (exact) mass is 566 g/mol. The minimum absolute atomic E-state index is 0.216. The number of rotatable bonds is 12. The lowest BCUT2D eigenvalue weighted by atomic mass is 10.0. The number of fused-ring (bicyclic) bond motifs is 1. The van der Waals surface area contributed by atoms with Crippen LogP contribution in [0, 0.1) is 5.92 Å².